The van der Waals surface area contributed by atoms with Crippen molar-refractivity contribution in [1.29, 1.82) is 0 Å². The molecule has 0 aliphatic heterocycles. The molecule has 2 heteroatoms. The van der Waals surface area contributed by atoms with Crippen LogP contribution in [0.15, 0.2) is 24.3 Å². The van der Waals surface area contributed by atoms with Gasteiger partial charge in [0.25, 0.3) is 0 Å². The Kier molecular flexibility index (Phi) is 4.07. The lowest BCUT2D eigenvalue weighted by Crippen LogP contribution is -2.33. The molecule has 0 aromatic heterocycles. The highest BCUT2D eigenvalue weighted by Gasteiger charge is 2.34. The lowest BCUT2D eigenvalue weighted by Gasteiger charge is -2.37. The van der Waals surface area contributed by atoms with Gasteiger partial charge in [0, 0.05) is 12.3 Å². The number of benzene rings is 1. The van der Waals surface area contributed by atoms with Gasteiger partial charge in [-0.15, -0.1) is 0 Å². The van der Waals surface area contributed by atoms with Crippen molar-refractivity contribution in [1.82, 2.24) is 0 Å². The predicted molar refractivity (Wildman–Crippen MR) is 75.4 cm³/mol. The molecule has 1 fully saturated rings. The van der Waals surface area contributed by atoms with E-state index in [9.17, 15) is 9.18 Å². The van der Waals surface area contributed by atoms with Crippen molar-refractivity contribution in [2.45, 2.75) is 46.5 Å². The highest BCUT2D eigenvalue weighted by molar-refractivity contribution is 5.82. The summed E-state index contributed by atoms with van der Waals surface area (Å²) in [5, 5.41) is 0. The molecule has 1 nitrogen and oxygen atoms in total. The Morgan fingerprint density at radius 1 is 1.21 bits per heavy atom. The van der Waals surface area contributed by atoms with Crippen LogP contribution in [0.5, 0.6) is 0 Å². The van der Waals surface area contributed by atoms with Crippen LogP contribution in [-0.4, -0.2) is 5.78 Å². The van der Waals surface area contributed by atoms with Crippen LogP contribution in [0, 0.1) is 23.1 Å². The van der Waals surface area contributed by atoms with Crippen molar-refractivity contribution in [2.75, 3.05) is 0 Å². The van der Waals surface area contributed by atoms with Crippen LogP contribution in [0.1, 0.15) is 45.6 Å². The number of carbonyl (C=O) groups is 1. The summed E-state index contributed by atoms with van der Waals surface area (Å²) >= 11 is 0. The number of halogens is 1. The summed E-state index contributed by atoms with van der Waals surface area (Å²) in [4.78, 5) is 12.1. The van der Waals surface area contributed by atoms with Gasteiger partial charge in [-0.25, -0.2) is 4.39 Å². The van der Waals surface area contributed by atoms with Crippen LogP contribution in [0.4, 0.5) is 4.39 Å². The minimum absolute atomic E-state index is 0.114. The molecule has 1 aliphatic rings. The van der Waals surface area contributed by atoms with Crippen molar-refractivity contribution in [2.24, 2.45) is 17.3 Å². The molecule has 0 radical (unpaired) electrons. The van der Waals surface area contributed by atoms with Gasteiger partial charge in [0.2, 0.25) is 0 Å². The molecule has 0 bridgehead atoms. The Balaban J connectivity index is 2.05. The molecule has 2 unspecified atom stereocenters. The molecule has 0 saturated heterocycles. The Labute approximate surface area is 115 Å². The SMILES string of the molecule is CC(C)(C)C1CCC(=O)C(Cc2ccc(F)cc2)C1. The highest BCUT2D eigenvalue weighted by Crippen LogP contribution is 2.39. The third-order valence-electron chi connectivity index (χ3n) is 4.38. The molecule has 19 heavy (non-hydrogen) atoms. The summed E-state index contributed by atoms with van der Waals surface area (Å²) < 4.78 is 12.9. The maximum absolute atomic E-state index is 12.9. The first-order valence-electron chi connectivity index (χ1n) is 7.13. The molecule has 1 aliphatic carbocycles. The molecule has 1 aromatic carbocycles. The van der Waals surface area contributed by atoms with Crippen LogP contribution >= 0.6 is 0 Å². The number of hydrogen-bond donors (Lipinski definition) is 0. The van der Waals surface area contributed by atoms with Crippen LogP contribution in [0.3, 0.4) is 0 Å². The van der Waals surface area contributed by atoms with Gasteiger partial charge in [0.15, 0.2) is 0 Å². The first-order valence-corrected chi connectivity index (χ1v) is 7.13. The molecule has 0 amide bonds. The van der Waals surface area contributed by atoms with E-state index in [1.807, 2.05) is 0 Å². The normalized spacial score (nSPS) is 24.5. The van der Waals surface area contributed by atoms with Crippen molar-refractivity contribution >= 4 is 5.78 Å². The molecule has 1 saturated carbocycles. The average Bonchev–Trinajstić information content (AvgIpc) is 2.33. The monoisotopic (exact) mass is 262 g/mol. The van der Waals surface area contributed by atoms with Gasteiger partial charge in [0.05, 0.1) is 0 Å². The van der Waals surface area contributed by atoms with E-state index < -0.39 is 0 Å². The molecule has 1 aromatic rings. The minimum Gasteiger partial charge on any atom is -0.299 e. The van der Waals surface area contributed by atoms with E-state index in [1.54, 1.807) is 12.1 Å². The third-order valence-corrected chi connectivity index (χ3v) is 4.38. The number of rotatable bonds is 2. The van der Waals surface area contributed by atoms with Gasteiger partial charge in [-0.05, 0) is 48.3 Å². The smallest absolute Gasteiger partial charge is 0.136 e. The maximum atomic E-state index is 12.9. The quantitative estimate of drug-likeness (QED) is 0.772. The molecule has 2 rings (SSSR count). The standard InChI is InChI=1S/C17H23FO/c1-17(2,3)14-6-9-16(19)13(11-14)10-12-4-7-15(18)8-5-12/h4-5,7-8,13-14H,6,9-11H2,1-3H3. The van der Waals surface area contributed by atoms with Gasteiger partial charge >= 0.3 is 0 Å². The summed E-state index contributed by atoms with van der Waals surface area (Å²) in [6, 6.07) is 6.54. The van der Waals surface area contributed by atoms with Crippen molar-refractivity contribution in [3.8, 4) is 0 Å². The predicted octanol–water partition coefficient (Wildman–Crippen LogP) is 4.40. The van der Waals surface area contributed by atoms with Crippen LogP contribution in [0.2, 0.25) is 0 Å². The van der Waals surface area contributed by atoms with E-state index >= 15 is 0 Å². The maximum Gasteiger partial charge on any atom is 0.136 e. The number of Topliss-reactive ketones (excluding diaryl/α,β-unsaturated/α-hetero) is 1. The van der Waals surface area contributed by atoms with E-state index in [1.165, 1.54) is 12.1 Å². The molecule has 0 heterocycles. The second-order valence-electron chi connectivity index (χ2n) is 6.83. The minimum atomic E-state index is -0.216. The number of carbonyl (C=O) groups excluding carboxylic acids is 1. The van der Waals surface area contributed by atoms with Crippen LogP contribution in [0.25, 0.3) is 0 Å². The molecule has 0 spiro atoms. The summed E-state index contributed by atoms with van der Waals surface area (Å²) in [6.45, 7) is 6.76. The lowest BCUT2D eigenvalue weighted by atomic mass is 9.67. The number of hydrogen-bond acceptors (Lipinski definition) is 1. The van der Waals surface area contributed by atoms with Gasteiger partial charge in [-0.2, -0.15) is 0 Å². The van der Waals surface area contributed by atoms with Crippen LogP contribution in [-0.2, 0) is 11.2 Å². The summed E-state index contributed by atoms with van der Waals surface area (Å²) in [6.07, 6.45) is 3.45. The zero-order chi connectivity index (χ0) is 14.0. The molecule has 0 N–H and O–H groups in total. The van der Waals surface area contributed by atoms with Gasteiger partial charge in [-0.1, -0.05) is 32.9 Å². The van der Waals surface area contributed by atoms with Crippen molar-refractivity contribution in [3.63, 3.8) is 0 Å². The molecular weight excluding hydrogens is 239 g/mol. The first kappa shape index (κ1) is 14.2. The summed E-state index contributed by atoms with van der Waals surface area (Å²) in [5.41, 5.74) is 1.33. The Bertz CT molecular complexity index is 441. The Hall–Kier alpha value is -1.18. The van der Waals surface area contributed by atoms with Crippen molar-refractivity contribution < 1.29 is 9.18 Å². The van der Waals surface area contributed by atoms with Gasteiger partial charge in [0.1, 0.15) is 11.6 Å². The Morgan fingerprint density at radius 2 is 1.84 bits per heavy atom. The van der Waals surface area contributed by atoms with E-state index in [4.69, 9.17) is 0 Å². The average molecular weight is 262 g/mol. The molecule has 104 valence electrons. The fraction of sp³-hybridized carbons (Fsp3) is 0.588. The fourth-order valence-corrected chi connectivity index (χ4v) is 3.00. The van der Waals surface area contributed by atoms with E-state index in [0.29, 0.717) is 18.1 Å². The second-order valence-corrected chi connectivity index (χ2v) is 6.83. The van der Waals surface area contributed by atoms with E-state index in [2.05, 4.69) is 20.8 Å². The van der Waals surface area contributed by atoms with E-state index in [0.717, 1.165) is 24.8 Å². The zero-order valence-electron chi connectivity index (χ0n) is 12.1. The zero-order valence-corrected chi connectivity index (χ0v) is 12.1. The summed E-state index contributed by atoms with van der Waals surface area (Å²) in [7, 11) is 0. The lowest BCUT2D eigenvalue weighted by molar-refractivity contribution is -0.126. The van der Waals surface area contributed by atoms with Gasteiger partial charge < -0.3 is 0 Å². The summed E-state index contributed by atoms with van der Waals surface area (Å²) in [5.74, 6) is 0.884. The van der Waals surface area contributed by atoms with Crippen molar-refractivity contribution in [3.05, 3.63) is 35.6 Å². The van der Waals surface area contributed by atoms with Crippen LogP contribution < -0.4 is 0 Å². The third kappa shape index (κ3) is 3.65. The van der Waals surface area contributed by atoms with E-state index in [-0.39, 0.29) is 17.2 Å². The Morgan fingerprint density at radius 3 is 2.42 bits per heavy atom. The first-order chi connectivity index (χ1) is 8.86. The topological polar surface area (TPSA) is 17.1 Å². The highest BCUT2D eigenvalue weighted by atomic mass is 19.1. The van der Waals surface area contributed by atoms with Gasteiger partial charge in [-0.3, -0.25) is 4.79 Å². The molecular formula is C17H23FO. The largest absolute Gasteiger partial charge is 0.299 e. The second kappa shape index (κ2) is 5.44. The fourth-order valence-electron chi connectivity index (χ4n) is 3.00. The number of ketones is 1. The molecule has 2 atom stereocenters.